The van der Waals surface area contributed by atoms with Crippen molar-refractivity contribution in [3.05, 3.63) is 30.1 Å². The Balaban J connectivity index is 1.67. The average Bonchev–Trinajstić information content (AvgIpc) is 2.92. The van der Waals surface area contributed by atoms with Crippen molar-refractivity contribution in [2.75, 3.05) is 18.1 Å². The van der Waals surface area contributed by atoms with Gasteiger partial charge in [-0.1, -0.05) is 12.1 Å². The lowest BCUT2D eigenvalue weighted by Crippen LogP contribution is -2.08. The Morgan fingerprint density at radius 2 is 2.21 bits per heavy atom. The molecule has 1 aromatic heterocycles. The second-order valence-corrected chi connectivity index (χ2v) is 5.72. The van der Waals surface area contributed by atoms with Crippen molar-refractivity contribution in [3.63, 3.8) is 0 Å². The minimum Gasteiger partial charge on any atom is -0.383 e. The van der Waals surface area contributed by atoms with Crippen molar-refractivity contribution in [2.24, 2.45) is 0 Å². The van der Waals surface area contributed by atoms with E-state index >= 15 is 0 Å². The molecule has 0 saturated carbocycles. The maximum atomic E-state index is 5.97. The fourth-order valence-corrected chi connectivity index (χ4v) is 3.23. The number of anilines is 1. The van der Waals surface area contributed by atoms with Gasteiger partial charge < -0.3 is 10.5 Å². The molecule has 0 bridgehead atoms. The van der Waals surface area contributed by atoms with Crippen molar-refractivity contribution >= 4 is 28.5 Å². The Kier molecular flexibility index (Phi) is 3.84. The molecule has 0 amide bonds. The van der Waals surface area contributed by atoms with Crippen LogP contribution in [0.5, 0.6) is 0 Å². The molecule has 0 aliphatic carbocycles. The van der Waals surface area contributed by atoms with Crippen molar-refractivity contribution in [1.29, 1.82) is 0 Å². The molecule has 1 aliphatic heterocycles. The number of thioether (sulfide) groups is 1. The van der Waals surface area contributed by atoms with E-state index in [4.69, 9.17) is 10.5 Å². The first-order chi connectivity index (χ1) is 9.33. The summed E-state index contributed by atoms with van der Waals surface area (Å²) in [6.07, 6.45) is 2.76. The molecule has 2 heterocycles. The van der Waals surface area contributed by atoms with Gasteiger partial charge in [-0.15, -0.1) is 0 Å². The summed E-state index contributed by atoms with van der Waals surface area (Å²) in [4.78, 5) is 8.92. The number of hydrogen-bond acceptors (Lipinski definition) is 5. The lowest BCUT2D eigenvalue weighted by Gasteiger charge is -2.09. The predicted octanol–water partition coefficient (Wildman–Crippen LogP) is 2.62. The van der Waals surface area contributed by atoms with Gasteiger partial charge in [0.05, 0.1) is 17.4 Å². The number of aromatic nitrogens is 2. The number of hydrogen-bond donors (Lipinski definition) is 1. The molecular formula is C14H17N3OS. The number of nitrogen functional groups attached to an aromatic ring is 1. The van der Waals surface area contributed by atoms with E-state index < -0.39 is 0 Å². The number of fused-ring (bicyclic) bond motifs is 1. The Labute approximate surface area is 116 Å². The summed E-state index contributed by atoms with van der Waals surface area (Å²) < 4.78 is 5.60. The average molecular weight is 275 g/mol. The summed E-state index contributed by atoms with van der Waals surface area (Å²) in [5.41, 5.74) is 6.89. The van der Waals surface area contributed by atoms with Gasteiger partial charge in [-0.05, 0) is 25.0 Å². The largest absolute Gasteiger partial charge is 0.383 e. The molecule has 2 aromatic rings. The molecule has 1 saturated heterocycles. The van der Waals surface area contributed by atoms with Gasteiger partial charge >= 0.3 is 0 Å². The van der Waals surface area contributed by atoms with Gasteiger partial charge in [0.1, 0.15) is 11.6 Å². The number of rotatable bonds is 4. The minimum atomic E-state index is 0.405. The molecule has 1 atom stereocenters. The van der Waals surface area contributed by atoms with E-state index in [2.05, 4.69) is 9.97 Å². The molecule has 0 spiro atoms. The van der Waals surface area contributed by atoms with Crippen LogP contribution in [0.4, 0.5) is 5.82 Å². The van der Waals surface area contributed by atoms with Crippen LogP contribution < -0.4 is 5.73 Å². The molecule has 1 aliphatic rings. The zero-order chi connectivity index (χ0) is 13.1. The molecule has 3 rings (SSSR count). The number of benzene rings is 1. The van der Waals surface area contributed by atoms with Crippen LogP contribution in [0.2, 0.25) is 0 Å². The Bertz CT molecular complexity index is 570. The van der Waals surface area contributed by atoms with Gasteiger partial charge in [0.15, 0.2) is 0 Å². The third kappa shape index (κ3) is 2.98. The predicted molar refractivity (Wildman–Crippen MR) is 79.1 cm³/mol. The van der Waals surface area contributed by atoms with E-state index in [-0.39, 0.29) is 0 Å². The first-order valence-electron chi connectivity index (χ1n) is 6.53. The van der Waals surface area contributed by atoms with Crippen molar-refractivity contribution in [3.8, 4) is 0 Å². The number of nitrogens with zero attached hydrogens (tertiary/aromatic N) is 2. The summed E-state index contributed by atoms with van der Waals surface area (Å²) in [5, 5.41) is 0.926. The summed E-state index contributed by atoms with van der Waals surface area (Å²) in [6, 6.07) is 7.85. The second kappa shape index (κ2) is 5.75. The van der Waals surface area contributed by atoms with Crippen LogP contribution >= 0.6 is 11.8 Å². The molecule has 2 N–H and O–H groups in total. The molecule has 4 nitrogen and oxygen atoms in total. The standard InChI is InChI=1S/C14H17N3OS/c15-14-11-5-1-2-6-12(11)16-13(17-14)9-19-8-10-4-3-7-18-10/h1-2,5-6,10H,3-4,7-9H2,(H2,15,16,17)/t10-/m0/s1. The highest BCUT2D eigenvalue weighted by atomic mass is 32.2. The van der Waals surface area contributed by atoms with Crippen molar-refractivity contribution in [1.82, 2.24) is 9.97 Å². The quantitative estimate of drug-likeness (QED) is 0.929. The highest BCUT2D eigenvalue weighted by molar-refractivity contribution is 7.98. The molecule has 1 fully saturated rings. The summed E-state index contributed by atoms with van der Waals surface area (Å²) >= 11 is 1.82. The SMILES string of the molecule is Nc1nc(CSC[C@@H]2CCCO2)nc2ccccc12. The van der Waals surface area contributed by atoms with Crippen LogP contribution in [0.25, 0.3) is 10.9 Å². The van der Waals surface area contributed by atoms with Gasteiger partial charge in [-0.3, -0.25) is 0 Å². The molecule has 0 unspecified atom stereocenters. The van der Waals surface area contributed by atoms with Gasteiger partial charge in [0, 0.05) is 17.7 Å². The van der Waals surface area contributed by atoms with Gasteiger partial charge in [0.2, 0.25) is 0 Å². The zero-order valence-electron chi connectivity index (χ0n) is 10.7. The lowest BCUT2D eigenvalue weighted by molar-refractivity contribution is 0.129. The van der Waals surface area contributed by atoms with Gasteiger partial charge in [-0.25, -0.2) is 9.97 Å². The van der Waals surface area contributed by atoms with Crippen LogP contribution in [-0.4, -0.2) is 28.4 Å². The Morgan fingerprint density at radius 1 is 1.32 bits per heavy atom. The van der Waals surface area contributed by atoms with Crippen LogP contribution in [0.1, 0.15) is 18.7 Å². The highest BCUT2D eigenvalue weighted by Crippen LogP contribution is 2.22. The first kappa shape index (κ1) is 12.7. The van der Waals surface area contributed by atoms with Crippen molar-refractivity contribution in [2.45, 2.75) is 24.7 Å². The molecule has 19 heavy (non-hydrogen) atoms. The molecular weight excluding hydrogens is 258 g/mol. The van der Waals surface area contributed by atoms with E-state index in [9.17, 15) is 0 Å². The zero-order valence-corrected chi connectivity index (χ0v) is 11.5. The van der Waals surface area contributed by atoms with Gasteiger partial charge in [-0.2, -0.15) is 11.8 Å². The Morgan fingerprint density at radius 3 is 3.05 bits per heavy atom. The first-order valence-corrected chi connectivity index (χ1v) is 7.69. The fourth-order valence-electron chi connectivity index (χ4n) is 2.27. The van der Waals surface area contributed by atoms with E-state index in [0.29, 0.717) is 11.9 Å². The summed E-state index contributed by atoms with van der Waals surface area (Å²) in [7, 11) is 0. The van der Waals surface area contributed by atoms with Crippen LogP contribution in [0.3, 0.4) is 0 Å². The highest BCUT2D eigenvalue weighted by Gasteiger charge is 2.15. The molecule has 100 valence electrons. The van der Waals surface area contributed by atoms with E-state index in [1.165, 1.54) is 12.8 Å². The lowest BCUT2D eigenvalue weighted by atomic mass is 10.2. The monoisotopic (exact) mass is 275 g/mol. The molecule has 1 aromatic carbocycles. The number of ether oxygens (including phenoxy) is 1. The Hall–Kier alpha value is -1.33. The topological polar surface area (TPSA) is 61.0 Å². The summed E-state index contributed by atoms with van der Waals surface area (Å²) in [6.45, 7) is 0.907. The second-order valence-electron chi connectivity index (χ2n) is 4.69. The maximum Gasteiger partial charge on any atom is 0.141 e. The smallest absolute Gasteiger partial charge is 0.141 e. The van der Waals surface area contributed by atoms with E-state index in [1.807, 2.05) is 36.0 Å². The van der Waals surface area contributed by atoms with Gasteiger partial charge in [0.25, 0.3) is 0 Å². The normalized spacial score (nSPS) is 19.1. The van der Waals surface area contributed by atoms with Crippen molar-refractivity contribution < 1.29 is 4.74 Å². The van der Waals surface area contributed by atoms with Crippen LogP contribution in [-0.2, 0) is 10.5 Å². The summed E-state index contributed by atoms with van der Waals surface area (Å²) in [5.74, 6) is 3.17. The maximum absolute atomic E-state index is 5.97. The van der Waals surface area contributed by atoms with E-state index in [1.54, 1.807) is 0 Å². The molecule has 5 heteroatoms. The number of para-hydroxylation sites is 1. The number of nitrogens with two attached hydrogens (primary N) is 1. The molecule has 0 radical (unpaired) electrons. The van der Waals surface area contributed by atoms with Crippen LogP contribution in [0, 0.1) is 0 Å². The third-order valence-electron chi connectivity index (χ3n) is 3.24. The minimum absolute atomic E-state index is 0.405. The van der Waals surface area contributed by atoms with Crippen LogP contribution in [0.15, 0.2) is 24.3 Å². The fraction of sp³-hybridized carbons (Fsp3) is 0.429. The van der Waals surface area contributed by atoms with E-state index in [0.717, 1.165) is 34.8 Å². The third-order valence-corrected chi connectivity index (χ3v) is 4.31.